The van der Waals surface area contributed by atoms with Gasteiger partial charge in [-0.05, 0) is 18.8 Å². The Labute approximate surface area is 149 Å². The highest BCUT2D eigenvalue weighted by Gasteiger charge is 2.75. The standard InChI is InChI=1S/C15H18F8O4/c1-9(2)4-3-7-26-10(24)5-6-11(25)27-8-13(18,19)15(22,23)14(20,21)12(16)17/h5-6,9,12H,3-4,7-8H2,1-2H3/b6-5+. The molecule has 0 radical (unpaired) electrons. The molecule has 0 aliphatic carbocycles. The Morgan fingerprint density at radius 2 is 1.41 bits per heavy atom. The Hall–Kier alpha value is -1.88. The van der Waals surface area contributed by atoms with Crippen LogP contribution in [0.5, 0.6) is 0 Å². The highest BCUT2D eigenvalue weighted by atomic mass is 19.4. The van der Waals surface area contributed by atoms with E-state index in [4.69, 9.17) is 0 Å². The second-order valence-corrected chi connectivity index (χ2v) is 5.85. The second kappa shape index (κ2) is 9.88. The summed E-state index contributed by atoms with van der Waals surface area (Å²) in [6, 6.07) is 0. The first kappa shape index (κ1) is 25.1. The van der Waals surface area contributed by atoms with E-state index in [1.807, 2.05) is 13.8 Å². The maximum atomic E-state index is 13.1. The summed E-state index contributed by atoms with van der Waals surface area (Å²) in [5, 5.41) is 0. The van der Waals surface area contributed by atoms with Crippen LogP contribution >= 0.6 is 0 Å². The summed E-state index contributed by atoms with van der Waals surface area (Å²) in [7, 11) is 0. The van der Waals surface area contributed by atoms with Crippen molar-refractivity contribution in [3.63, 3.8) is 0 Å². The van der Waals surface area contributed by atoms with Crippen LogP contribution in [0.3, 0.4) is 0 Å². The third-order valence-corrected chi connectivity index (χ3v) is 3.07. The van der Waals surface area contributed by atoms with Gasteiger partial charge in [0.15, 0.2) is 6.61 Å². The lowest BCUT2D eigenvalue weighted by Gasteiger charge is -2.31. The number of alkyl halides is 8. The van der Waals surface area contributed by atoms with Crippen molar-refractivity contribution in [2.75, 3.05) is 13.2 Å². The molecule has 0 spiro atoms. The number of hydrogen-bond donors (Lipinski definition) is 0. The van der Waals surface area contributed by atoms with E-state index < -0.39 is 42.7 Å². The lowest BCUT2D eigenvalue weighted by Crippen LogP contribution is -2.59. The van der Waals surface area contributed by atoms with Gasteiger partial charge in [-0.1, -0.05) is 13.8 Å². The average Bonchev–Trinajstić information content (AvgIpc) is 2.54. The summed E-state index contributed by atoms with van der Waals surface area (Å²) in [6.45, 7) is 1.25. The predicted molar refractivity (Wildman–Crippen MR) is 76.0 cm³/mol. The molecule has 0 aromatic carbocycles. The van der Waals surface area contributed by atoms with Crippen molar-refractivity contribution in [1.29, 1.82) is 0 Å². The summed E-state index contributed by atoms with van der Waals surface area (Å²) >= 11 is 0. The molecule has 0 N–H and O–H groups in total. The third-order valence-electron chi connectivity index (χ3n) is 3.07. The van der Waals surface area contributed by atoms with E-state index in [1.165, 1.54) is 0 Å². The fraction of sp³-hybridized carbons (Fsp3) is 0.733. The van der Waals surface area contributed by atoms with Crippen LogP contribution in [0.4, 0.5) is 35.1 Å². The van der Waals surface area contributed by atoms with Gasteiger partial charge in [0, 0.05) is 12.2 Å². The maximum Gasteiger partial charge on any atom is 0.381 e. The van der Waals surface area contributed by atoms with E-state index in [0.717, 1.165) is 6.42 Å². The van der Waals surface area contributed by atoms with E-state index in [1.54, 1.807) is 0 Å². The zero-order chi connectivity index (χ0) is 21.5. The summed E-state index contributed by atoms with van der Waals surface area (Å²) in [5.41, 5.74) is 0. The van der Waals surface area contributed by atoms with Crippen molar-refractivity contribution < 1.29 is 54.2 Å². The van der Waals surface area contributed by atoms with Crippen molar-refractivity contribution in [2.45, 2.75) is 50.9 Å². The Balaban J connectivity index is 4.61. The van der Waals surface area contributed by atoms with Crippen molar-refractivity contribution in [3.8, 4) is 0 Å². The average molecular weight is 414 g/mol. The minimum Gasteiger partial charge on any atom is -0.463 e. The Kier molecular flexibility index (Phi) is 9.19. The fourth-order valence-corrected chi connectivity index (χ4v) is 1.53. The third kappa shape index (κ3) is 7.33. The second-order valence-electron chi connectivity index (χ2n) is 5.85. The van der Waals surface area contributed by atoms with Gasteiger partial charge in [-0.2, -0.15) is 26.3 Å². The van der Waals surface area contributed by atoms with Crippen LogP contribution in [-0.2, 0) is 19.1 Å². The van der Waals surface area contributed by atoms with Crippen LogP contribution in [0.2, 0.25) is 0 Å². The van der Waals surface area contributed by atoms with Crippen molar-refractivity contribution in [3.05, 3.63) is 12.2 Å². The molecule has 158 valence electrons. The quantitative estimate of drug-likeness (QED) is 0.220. The zero-order valence-electron chi connectivity index (χ0n) is 14.3. The normalized spacial score (nSPS) is 13.5. The predicted octanol–water partition coefficient (Wildman–Crippen LogP) is 4.24. The van der Waals surface area contributed by atoms with Gasteiger partial charge in [0.1, 0.15) is 0 Å². The van der Waals surface area contributed by atoms with E-state index in [2.05, 4.69) is 9.47 Å². The first-order valence-corrected chi connectivity index (χ1v) is 7.58. The first-order chi connectivity index (χ1) is 12.1. The molecule has 0 fully saturated rings. The van der Waals surface area contributed by atoms with Crippen LogP contribution in [0.15, 0.2) is 12.2 Å². The Bertz CT molecular complexity index is 532. The molecule has 4 nitrogen and oxygen atoms in total. The molecule has 0 amide bonds. The highest BCUT2D eigenvalue weighted by molar-refractivity contribution is 5.91. The molecule has 0 atom stereocenters. The monoisotopic (exact) mass is 414 g/mol. The summed E-state index contributed by atoms with van der Waals surface area (Å²) in [4.78, 5) is 22.3. The molecule has 0 aliphatic rings. The van der Waals surface area contributed by atoms with Crippen LogP contribution in [0.1, 0.15) is 26.7 Å². The van der Waals surface area contributed by atoms with Gasteiger partial charge in [-0.15, -0.1) is 0 Å². The lowest BCUT2D eigenvalue weighted by molar-refractivity contribution is -0.344. The van der Waals surface area contributed by atoms with E-state index >= 15 is 0 Å². The highest BCUT2D eigenvalue weighted by Crippen LogP contribution is 2.48. The van der Waals surface area contributed by atoms with Crippen LogP contribution < -0.4 is 0 Å². The van der Waals surface area contributed by atoms with Gasteiger partial charge < -0.3 is 9.47 Å². The van der Waals surface area contributed by atoms with Crippen LogP contribution in [0, 0.1) is 5.92 Å². The first-order valence-electron chi connectivity index (χ1n) is 7.58. The number of carbonyl (C=O) groups is 2. The van der Waals surface area contributed by atoms with Gasteiger partial charge in [-0.25, -0.2) is 18.4 Å². The molecule has 0 aromatic heterocycles. The lowest BCUT2D eigenvalue weighted by atomic mass is 10.1. The zero-order valence-corrected chi connectivity index (χ0v) is 14.3. The van der Waals surface area contributed by atoms with Gasteiger partial charge in [-0.3, -0.25) is 0 Å². The molecule has 0 bridgehead atoms. The number of halogens is 8. The number of ether oxygens (including phenoxy) is 2. The van der Waals surface area contributed by atoms with Crippen LogP contribution in [0.25, 0.3) is 0 Å². The van der Waals surface area contributed by atoms with Crippen molar-refractivity contribution in [2.24, 2.45) is 5.92 Å². The van der Waals surface area contributed by atoms with Gasteiger partial charge in [0.05, 0.1) is 6.61 Å². The van der Waals surface area contributed by atoms with Crippen molar-refractivity contribution >= 4 is 11.9 Å². The number of rotatable bonds is 11. The van der Waals surface area contributed by atoms with E-state index in [9.17, 15) is 44.7 Å². The fourth-order valence-electron chi connectivity index (χ4n) is 1.53. The SMILES string of the molecule is CC(C)CCCOC(=O)/C=C/C(=O)OCC(F)(F)C(F)(F)C(F)(F)C(F)F. The molecule has 0 heterocycles. The van der Waals surface area contributed by atoms with Gasteiger partial charge in [0.25, 0.3) is 0 Å². The van der Waals surface area contributed by atoms with E-state index in [-0.39, 0.29) is 12.7 Å². The molecule has 27 heavy (non-hydrogen) atoms. The minimum atomic E-state index is -6.48. The van der Waals surface area contributed by atoms with E-state index in [0.29, 0.717) is 18.4 Å². The molecule has 0 aliphatic heterocycles. The Morgan fingerprint density at radius 1 is 0.926 bits per heavy atom. The van der Waals surface area contributed by atoms with Crippen molar-refractivity contribution in [1.82, 2.24) is 0 Å². The summed E-state index contributed by atoms with van der Waals surface area (Å²) < 4.78 is 109. The minimum absolute atomic E-state index is 0.00338. The largest absolute Gasteiger partial charge is 0.463 e. The van der Waals surface area contributed by atoms with Gasteiger partial charge in [0.2, 0.25) is 0 Å². The Morgan fingerprint density at radius 3 is 1.85 bits per heavy atom. The molecule has 0 aromatic rings. The molecule has 0 unspecified atom stereocenters. The smallest absolute Gasteiger partial charge is 0.381 e. The number of hydrogen-bond acceptors (Lipinski definition) is 4. The molecular formula is C15H18F8O4. The molecule has 0 rings (SSSR count). The molecule has 0 saturated heterocycles. The molecule has 12 heteroatoms. The topological polar surface area (TPSA) is 52.6 Å². The van der Waals surface area contributed by atoms with Crippen LogP contribution in [-0.4, -0.2) is 49.3 Å². The maximum absolute atomic E-state index is 13.1. The number of carbonyl (C=O) groups excluding carboxylic acids is 2. The summed E-state index contributed by atoms with van der Waals surface area (Å²) in [6.07, 6.45) is -3.13. The van der Waals surface area contributed by atoms with Gasteiger partial charge >= 0.3 is 36.1 Å². The summed E-state index contributed by atoms with van der Waals surface area (Å²) in [5.74, 6) is -21.1. The molecule has 0 saturated carbocycles. The number of esters is 2. The molecular weight excluding hydrogens is 396 g/mol.